The summed E-state index contributed by atoms with van der Waals surface area (Å²) in [6.45, 7) is 2.54. The van der Waals surface area contributed by atoms with Gasteiger partial charge in [0.25, 0.3) is 0 Å². The zero-order chi connectivity index (χ0) is 19.2. The summed E-state index contributed by atoms with van der Waals surface area (Å²) < 4.78 is 0.326. The molecule has 4 aliphatic carbocycles. The van der Waals surface area contributed by atoms with Gasteiger partial charge in [0.1, 0.15) is 0 Å². The normalized spacial score (nSPS) is 42.6. The molecule has 0 heterocycles. The van der Waals surface area contributed by atoms with Gasteiger partial charge in [0.05, 0.1) is 0 Å². The Labute approximate surface area is 181 Å². The number of hydrogen-bond donors (Lipinski definition) is 2. The Balaban J connectivity index is 1.66. The third-order valence-electron chi connectivity index (χ3n) is 8.82. The molecule has 2 heteroatoms. The van der Waals surface area contributed by atoms with Crippen molar-refractivity contribution in [3.63, 3.8) is 0 Å². The van der Waals surface area contributed by atoms with Crippen LogP contribution in [0, 0.1) is 16.7 Å². The SMILES string of the molecule is CC1(CCS)CCCCCCC(S)(C23CCCCCCC(C2)C3)CCCC1. The van der Waals surface area contributed by atoms with Crippen molar-refractivity contribution < 1.29 is 0 Å². The van der Waals surface area contributed by atoms with E-state index >= 15 is 0 Å². The molecule has 0 saturated heterocycles. The molecule has 0 aliphatic heterocycles. The minimum Gasteiger partial charge on any atom is -0.179 e. The molecule has 0 aromatic rings. The molecular weight excluding hydrogens is 364 g/mol. The molecule has 4 fully saturated rings. The smallest absolute Gasteiger partial charge is 0.0186 e. The van der Waals surface area contributed by atoms with Crippen LogP contribution in [0.5, 0.6) is 0 Å². The molecule has 158 valence electrons. The Bertz CT molecular complexity index is 436. The highest BCUT2D eigenvalue weighted by molar-refractivity contribution is 7.81. The minimum absolute atomic E-state index is 0.326. The molecule has 0 radical (unpaired) electrons. The summed E-state index contributed by atoms with van der Waals surface area (Å²) in [6.07, 6.45) is 27.3. The molecule has 27 heavy (non-hydrogen) atoms. The fourth-order valence-electron chi connectivity index (χ4n) is 6.91. The van der Waals surface area contributed by atoms with Gasteiger partial charge >= 0.3 is 0 Å². The molecular formula is C25H46S2. The summed E-state index contributed by atoms with van der Waals surface area (Å²) in [5, 5.41) is 0. The van der Waals surface area contributed by atoms with Crippen LogP contribution in [-0.2, 0) is 0 Å². The predicted octanol–water partition coefficient (Wildman–Crippen LogP) is 8.65. The highest BCUT2D eigenvalue weighted by Crippen LogP contribution is 2.63. The number of thiol groups is 2. The summed E-state index contributed by atoms with van der Waals surface area (Å²) in [7, 11) is 0. The first-order valence-electron chi connectivity index (χ1n) is 12.3. The van der Waals surface area contributed by atoms with E-state index < -0.39 is 0 Å². The predicted molar refractivity (Wildman–Crippen MR) is 127 cm³/mol. The number of fused-ring (bicyclic) bond motifs is 5. The van der Waals surface area contributed by atoms with Crippen molar-refractivity contribution in [2.45, 2.75) is 134 Å². The second kappa shape index (κ2) is 10.1. The minimum atomic E-state index is 0.326. The van der Waals surface area contributed by atoms with Crippen molar-refractivity contribution in [2.24, 2.45) is 16.7 Å². The van der Waals surface area contributed by atoms with Crippen LogP contribution in [0.2, 0.25) is 0 Å². The molecule has 2 bridgehead atoms. The van der Waals surface area contributed by atoms with Gasteiger partial charge < -0.3 is 0 Å². The van der Waals surface area contributed by atoms with Crippen molar-refractivity contribution in [2.75, 3.05) is 5.75 Å². The van der Waals surface area contributed by atoms with Gasteiger partial charge in [0.15, 0.2) is 0 Å². The summed E-state index contributed by atoms with van der Waals surface area (Å²) in [5.41, 5.74) is 1.13. The third kappa shape index (κ3) is 5.65. The molecule has 0 amide bonds. The van der Waals surface area contributed by atoms with E-state index in [1.54, 1.807) is 0 Å². The maximum Gasteiger partial charge on any atom is 0.0186 e. The summed E-state index contributed by atoms with van der Waals surface area (Å²) in [4.78, 5) is 0. The lowest BCUT2D eigenvalue weighted by Gasteiger charge is -2.58. The van der Waals surface area contributed by atoms with E-state index in [1.807, 2.05) is 0 Å². The van der Waals surface area contributed by atoms with E-state index in [0.717, 1.165) is 11.7 Å². The second-order valence-corrected chi connectivity index (χ2v) is 12.2. The first-order valence-corrected chi connectivity index (χ1v) is 13.4. The molecule has 4 aliphatic rings. The van der Waals surface area contributed by atoms with Gasteiger partial charge in [-0.3, -0.25) is 0 Å². The molecule has 2 unspecified atom stereocenters. The molecule has 0 N–H and O–H groups in total. The standard InChI is InChI=1S/C25H46S2/c1-23(18-19-26)13-7-4-5-9-16-25(27,17-11-10-14-23)24-15-8-3-2-6-12-22(20-24)21-24/h22,26-27H,2-21H2,1H3. The Hall–Kier alpha value is 0.700. The number of rotatable bonds is 3. The zero-order valence-corrected chi connectivity index (χ0v) is 19.9. The van der Waals surface area contributed by atoms with Crippen LogP contribution in [0.1, 0.15) is 129 Å². The Morgan fingerprint density at radius 2 is 1.22 bits per heavy atom. The van der Waals surface area contributed by atoms with E-state index in [-0.39, 0.29) is 0 Å². The molecule has 0 aromatic carbocycles. The van der Waals surface area contributed by atoms with Crippen molar-refractivity contribution in [1.82, 2.24) is 0 Å². The summed E-state index contributed by atoms with van der Waals surface area (Å²) in [5.74, 6) is 2.09. The van der Waals surface area contributed by atoms with Gasteiger partial charge in [0, 0.05) is 4.75 Å². The molecule has 0 spiro atoms. The van der Waals surface area contributed by atoms with Gasteiger partial charge in [-0.2, -0.15) is 25.3 Å². The fraction of sp³-hybridized carbons (Fsp3) is 1.00. The highest BCUT2D eigenvalue weighted by atomic mass is 32.1. The van der Waals surface area contributed by atoms with E-state index in [2.05, 4.69) is 19.6 Å². The van der Waals surface area contributed by atoms with Crippen LogP contribution < -0.4 is 0 Å². The van der Waals surface area contributed by atoms with Crippen molar-refractivity contribution in [3.8, 4) is 0 Å². The summed E-state index contributed by atoms with van der Waals surface area (Å²) >= 11 is 10.1. The van der Waals surface area contributed by atoms with E-state index in [0.29, 0.717) is 15.6 Å². The molecule has 0 aromatic heterocycles. The van der Waals surface area contributed by atoms with Crippen molar-refractivity contribution in [3.05, 3.63) is 0 Å². The number of hydrogen-bond acceptors (Lipinski definition) is 2. The Morgan fingerprint density at radius 1 is 0.704 bits per heavy atom. The van der Waals surface area contributed by atoms with Gasteiger partial charge in [-0.05, 0) is 73.9 Å². The highest BCUT2D eigenvalue weighted by Gasteiger charge is 2.55. The van der Waals surface area contributed by atoms with Crippen LogP contribution in [-0.4, -0.2) is 10.5 Å². The largest absolute Gasteiger partial charge is 0.179 e. The first kappa shape index (κ1) is 22.4. The van der Waals surface area contributed by atoms with Crippen LogP contribution in [0.4, 0.5) is 0 Å². The van der Waals surface area contributed by atoms with Crippen molar-refractivity contribution in [1.29, 1.82) is 0 Å². The molecule has 2 atom stereocenters. The van der Waals surface area contributed by atoms with Crippen LogP contribution >= 0.6 is 25.3 Å². The van der Waals surface area contributed by atoms with E-state index in [4.69, 9.17) is 12.6 Å². The molecule has 4 saturated carbocycles. The zero-order valence-electron chi connectivity index (χ0n) is 18.1. The average molecular weight is 411 g/mol. The van der Waals surface area contributed by atoms with Gasteiger partial charge in [0.2, 0.25) is 0 Å². The first-order chi connectivity index (χ1) is 13.0. The van der Waals surface area contributed by atoms with Gasteiger partial charge in [-0.25, -0.2) is 0 Å². The summed E-state index contributed by atoms with van der Waals surface area (Å²) in [6, 6.07) is 0. The topological polar surface area (TPSA) is 0 Å². The van der Waals surface area contributed by atoms with Crippen LogP contribution in [0.3, 0.4) is 0 Å². The van der Waals surface area contributed by atoms with E-state index in [1.165, 1.54) is 122 Å². The molecule has 4 rings (SSSR count). The lowest BCUT2D eigenvalue weighted by atomic mass is 9.51. The maximum atomic E-state index is 5.57. The van der Waals surface area contributed by atoms with E-state index in [9.17, 15) is 0 Å². The lowest BCUT2D eigenvalue weighted by Crippen LogP contribution is -2.52. The lowest BCUT2D eigenvalue weighted by molar-refractivity contribution is -0.00925. The van der Waals surface area contributed by atoms with Crippen LogP contribution in [0.15, 0.2) is 0 Å². The van der Waals surface area contributed by atoms with Gasteiger partial charge in [-0.1, -0.05) is 77.6 Å². The Morgan fingerprint density at radius 3 is 1.89 bits per heavy atom. The van der Waals surface area contributed by atoms with Gasteiger partial charge in [-0.15, -0.1) is 0 Å². The molecule has 0 nitrogen and oxygen atoms in total. The second-order valence-electron chi connectivity index (χ2n) is 10.9. The van der Waals surface area contributed by atoms with Crippen LogP contribution in [0.25, 0.3) is 0 Å². The quantitative estimate of drug-likeness (QED) is 0.427. The third-order valence-corrected chi connectivity index (χ3v) is 9.97. The average Bonchev–Trinajstić information content (AvgIpc) is 2.77. The van der Waals surface area contributed by atoms with Crippen molar-refractivity contribution >= 4 is 25.3 Å². The monoisotopic (exact) mass is 410 g/mol. The maximum absolute atomic E-state index is 5.57. The Kier molecular flexibility index (Phi) is 8.41. The fourth-order valence-corrected chi connectivity index (χ4v) is 8.06.